The van der Waals surface area contributed by atoms with Crippen molar-refractivity contribution in [2.24, 2.45) is 0 Å². The zero-order chi connectivity index (χ0) is 39.2. The Morgan fingerprint density at radius 1 is 0.254 bits per heavy atom. The van der Waals surface area contributed by atoms with Gasteiger partial charge in [0.1, 0.15) is 0 Å². The minimum Gasteiger partial charge on any atom is -0.208 e. The second kappa shape index (κ2) is 14.3. The third-order valence-electron chi connectivity index (χ3n) is 11.8. The van der Waals surface area contributed by atoms with Gasteiger partial charge >= 0.3 is 0 Å². The van der Waals surface area contributed by atoms with Crippen LogP contribution in [0.15, 0.2) is 224 Å². The van der Waals surface area contributed by atoms with Gasteiger partial charge in [-0.1, -0.05) is 212 Å². The van der Waals surface area contributed by atoms with Crippen molar-refractivity contribution < 1.29 is 0 Å². The number of nitrogens with zero attached hydrogens (tertiary/aromatic N) is 3. The molecule has 276 valence electrons. The number of fused-ring (bicyclic) bond motifs is 4. The number of hydrogen-bond acceptors (Lipinski definition) is 3. The highest BCUT2D eigenvalue weighted by molar-refractivity contribution is 5.91. The number of rotatable bonds is 7. The Labute approximate surface area is 344 Å². The molecule has 0 spiro atoms. The lowest BCUT2D eigenvalue weighted by atomic mass is 9.67. The van der Waals surface area contributed by atoms with Crippen LogP contribution in [-0.2, 0) is 5.41 Å². The molecule has 0 saturated carbocycles. The van der Waals surface area contributed by atoms with Gasteiger partial charge in [0, 0.05) is 16.7 Å². The molecule has 0 aliphatic heterocycles. The average Bonchev–Trinajstić information content (AvgIpc) is 3.62. The van der Waals surface area contributed by atoms with E-state index in [9.17, 15) is 0 Å². The molecule has 0 saturated heterocycles. The van der Waals surface area contributed by atoms with Crippen LogP contribution in [-0.4, -0.2) is 15.0 Å². The first-order valence-electron chi connectivity index (χ1n) is 20.1. The molecule has 11 rings (SSSR count). The van der Waals surface area contributed by atoms with Crippen molar-refractivity contribution in [3.05, 3.63) is 247 Å². The van der Waals surface area contributed by atoms with E-state index in [0.717, 1.165) is 33.4 Å². The summed E-state index contributed by atoms with van der Waals surface area (Å²) in [6, 6.07) is 80.0. The molecule has 10 aromatic rings. The third-order valence-corrected chi connectivity index (χ3v) is 11.8. The lowest BCUT2D eigenvalue weighted by Crippen LogP contribution is -2.28. The highest BCUT2D eigenvalue weighted by Gasteiger charge is 2.46. The minimum atomic E-state index is -0.543. The van der Waals surface area contributed by atoms with Crippen molar-refractivity contribution in [1.29, 1.82) is 0 Å². The molecule has 0 fully saturated rings. The monoisotopic (exact) mass is 751 g/mol. The van der Waals surface area contributed by atoms with Crippen LogP contribution in [0, 0.1) is 0 Å². The predicted molar refractivity (Wildman–Crippen MR) is 242 cm³/mol. The Balaban J connectivity index is 1.13. The largest absolute Gasteiger partial charge is 0.208 e. The molecule has 0 unspecified atom stereocenters. The van der Waals surface area contributed by atoms with E-state index in [2.05, 4.69) is 218 Å². The number of aromatic nitrogens is 3. The molecule has 1 aliphatic rings. The van der Waals surface area contributed by atoms with Crippen LogP contribution in [0.3, 0.4) is 0 Å². The lowest BCUT2D eigenvalue weighted by molar-refractivity contribution is 0.768. The fraction of sp³-hybridized carbons (Fsp3) is 0.0179. The molecule has 0 bridgehead atoms. The molecular weight excluding hydrogens is 715 g/mol. The summed E-state index contributed by atoms with van der Waals surface area (Å²) in [6.45, 7) is 0. The van der Waals surface area contributed by atoms with Crippen molar-refractivity contribution in [1.82, 2.24) is 15.0 Å². The Morgan fingerprint density at radius 2 is 0.729 bits per heavy atom. The summed E-state index contributed by atoms with van der Waals surface area (Å²) in [5.41, 5.74) is 14.1. The smallest absolute Gasteiger partial charge is 0.164 e. The highest BCUT2D eigenvalue weighted by Crippen LogP contribution is 2.56. The SMILES string of the molecule is c1ccc(-c2ccc(-c3nc(-c4ccc5c(c4)C(c4ccccc4)(c4ccccc4)c4ccccc4-5)nc(-c4ccccc4-c4ccc5ccccc5c4)n3)cc2)cc1. The van der Waals surface area contributed by atoms with Gasteiger partial charge in [-0.05, 0) is 78.5 Å². The van der Waals surface area contributed by atoms with Crippen LogP contribution in [0.2, 0.25) is 0 Å². The summed E-state index contributed by atoms with van der Waals surface area (Å²) in [5, 5.41) is 2.40. The number of benzene rings is 9. The van der Waals surface area contributed by atoms with E-state index < -0.39 is 5.41 Å². The maximum atomic E-state index is 5.36. The van der Waals surface area contributed by atoms with E-state index in [0.29, 0.717) is 17.5 Å². The molecule has 0 amide bonds. The molecular formula is C56H37N3. The van der Waals surface area contributed by atoms with Crippen LogP contribution in [0.1, 0.15) is 22.3 Å². The Kier molecular flexibility index (Phi) is 8.37. The first-order chi connectivity index (χ1) is 29.2. The maximum absolute atomic E-state index is 5.36. The van der Waals surface area contributed by atoms with E-state index in [1.54, 1.807) is 0 Å². The van der Waals surface area contributed by atoms with Gasteiger partial charge in [0.2, 0.25) is 0 Å². The average molecular weight is 752 g/mol. The summed E-state index contributed by atoms with van der Waals surface area (Å²) in [4.78, 5) is 15.9. The molecule has 0 radical (unpaired) electrons. The van der Waals surface area contributed by atoms with E-state index >= 15 is 0 Å². The Morgan fingerprint density at radius 3 is 1.44 bits per heavy atom. The van der Waals surface area contributed by atoms with Gasteiger partial charge in [-0.25, -0.2) is 15.0 Å². The molecule has 3 heteroatoms. The molecule has 1 aliphatic carbocycles. The standard InChI is InChI=1S/C56H37N3/c1-4-16-38(17-5-1)40-28-31-41(32-29-40)53-57-54(59-55(58-53)50-26-13-12-24-47(50)43-33-30-39-18-10-11-19-42(39)36-43)44-34-35-49-48-25-14-15-27-51(48)56(52(49)37-44,45-20-6-2-7-21-45)46-22-8-3-9-23-46/h1-37H. The van der Waals surface area contributed by atoms with Gasteiger partial charge in [0.25, 0.3) is 0 Å². The summed E-state index contributed by atoms with van der Waals surface area (Å²) in [7, 11) is 0. The number of hydrogen-bond donors (Lipinski definition) is 0. The van der Waals surface area contributed by atoms with Crippen LogP contribution >= 0.6 is 0 Å². The van der Waals surface area contributed by atoms with E-state index in [1.165, 1.54) is 49.7 Å². The van der Waals surface area contributed by atoms with Crippen molar-refractivity contribution >= 4 is 10.8 Å². The second-order valence-electron chi connectivity index (χ2n) is 15.1. The van der Waals surface area contributed by atoms with Gasteiger partial charge in [0.05, 0.1) is 5.41 Å². The molecule has 59 heavy (non-hydrogen) atoms. The van der Waals surface area contributed by atoms with Crippen molar-refractivity contribution in [2.45, 2.75) is 5.41 Å². The molecule has 0 N–H and O–H groups in total. The van der Waals surface area contributed by atoms with Gasteiger partial charge in [0.15, 0.2) is 17.5 Å². The molecule has 3 nitrogen and oxygen atoms in total. The summed E-state index contributed by atoms with van der Waals surface area (Å²) in [6.07, 6.45) is 0. The minimum absolute atomic E-state index is 0.543. The summed E-state index contributed by atoms with van der Waals surface area (Å²) < 4.78 is 0. The van der Waals surface area contributed by atoms with Crippen molar-refractivity contribution in [3.8, 4) is 67.5 Å². The van der Waals surface area contributed by atoms with Crippen molar-refractivity contribution in [3.63, 3.8) is 0 Å². The van der Waals surface area contributed by atoms with E-state index in [-0.39, 0.29) is 0 Å². The van der Waals surface area contributed by atoms with Gasteiger partial charge in [-0.3, -0.25) is 0 Å². The third kappa shape index (κ3) is 5.86. The van der Waals surface area contributed by atoms with Gasteiger partial charge in [-0.2, -0.15) is 0 Å². The van der Waals surface area contributed by atoms with Crippen LogP contribution in [0.4, 0.5) is 0 Å². The van der Waals surface area contributed by atoms with E-state index in [4.69, 9.17) is 15.0 Å². The first kappa shape index (κ1) is 34.5. The Hall–Kier alpha value is -7.75. The predicted octanol–water partition coefficient (Wildman–Crippen LogP) is 13.7. The molecule has 9 aromatic carbocycles. The van der Waals surface area contributed by atoms with Crippen LogP contribution in [0.5, 0.6) is 0 Å². The topological polar surface area (TPSA) is 38.7 Å². The second-order valence-corrected chi connectivity index (χ2v) is 15.1. The zero-order valence-electron chi connectivity index (χ0n) is 32.2. The van der Waals surface area contributed by atoms with Gasteiger partial charge in [-0.15, -0.1) is 0 Å². The summed E-state index contributed by atoms with van der Waals surface area (Å²) in [5.74, 6) is 1.88. The molecule has 1 heterocycles. The van der Waals surface area contributed by atoms with Crippen molar-refractivity contribution in [2.75, 3.05) is 0 Å². The van der Waals surface area contributed by atoms with Gasteiger partial charge < -0.3 is 0 Å². The maximum Gasteiger partial charge on any atom is 0.164 e. The fourth-order valence-electron chi connectivity index (χ4n) is 9.07. The zero-order valence-corrected chi connectivity index (χ0v) is 32.2. The normalized spacial score (nSPS) is 12.5. The quantitative estimate of drug-likeness (QED) is 0.163. The molecule has 0 atom stereocenters. The van der Waals surface area contributed by atoms with Crippen LogP contribution < -0.4 is 0 Å². The van der Waals surface area contributed by atoms with E-state index in [1.807, 2.05) is 6.07 Å². The highest BCUT2D eigenvalue weighted by atomic mass is 15.0. The Bertz CT molecular complexity index is 3100. The fourth-order valence-corrected chi connectivity index (χ4v) is 9.07. The first-order valence-corrected chi connectivity index (χ1v) is 20.1. The lowest BCUT2D eigenvalue weighted by Gasteiger charge is -2.34. The summed E-state index contributed by atoms with van der Waals surface area (Å²) >= 11 is 0. The molecule has 1 aromatic heterocycles. The van der Waals surface area contributed by atoms with Crippen LogP contribution in [0.25, 0.3) is 78.3 Å².